The predicted octanol–water partition coefficient (Wildman–Crippen LogP) is 1.43. The molecule has 0 spiro atoms. The van der Waals surface area contributed by atoms with Crippen molar-refractivity contribution in [2.45, 2.75) is 32.9 Å². The highest BCUT2D eigenvalue weighted by Gasteiger charge is 2.28. The van der Waals surface area contributed by atoms with Crippen molar-refractivity contribution in [2.75, 3.05) is 44.0 Å². The fourth-order valence-corrected chi connectivity index (χ4v) is 3.69. The Kier molecular flexibility index (Phi) is 5.66. The number of nitrogens with zero attached hydrogens (tertiary/aromatic N) is 6. The topological polar surface area (TPSA) is 92.2 Å². The van der Waals surface area contributed by atoms with Crippen molar-refractivity contribution in [3.63, 3.8) is 0 Å². The molecule has 1 atom stereocenters. The minimum Gasteiger partial charge on any atom is -0.369 e. The molecule has 2 aromatic heterocycles. The number of aryl methyl sites for hydroxylation is 2. The highest BCUT2D eigenvalue weighted by atomic mass is 16.1. The van der Waals surface area contributed by atoms with Gasteiger partial charge in [0.25, 0.3) is 5.56 Å². The number of hydrogen-bond donors (Lipinski definition) is 1. The summed E-state index contributed by atoms with van der Waals surface area (Å²) in [5.41, 5.74) is 3.93. The molecule has 0 saturated carbocycles. The second-order valence-electron chi connectivity index (χ2n) is 7.61. The number of H-pyrrole nitrogens is 1. The number of aromatic amines is 1. The second-order valence-corrected chi connectivity index (χ2v) is 7.61. The van der Waals surface area contributed by atoms with Crippen molar-refractivity contribution in [3.8, 4) is 6.07 Å². The normalized spacial score (nSPS) is 16.5. The summed E-state index contributed by atoms with van der Waals surface area (Å²) in [4.78, 5) is 29.9. The van der Waals surface area contributed by atoms with E-state index in [0.717, 1.165) is 42.3 Å². The summed E-state index contributed by atoms with van der Waals surface area (Å²) in [6, 6.07) is 6.18. The van der Waals surface area contributed by atoms with Crippen LogP contribution in [0.2, 0.25) is 0 Å². The first kappa shape index (κ1) is 19.8. The molecule has 148 valence electrons. The van der Waals surface area contributed by atoms with Crippen molar-refractivity contribution >= 4 is 11.6 Å². The zero-order valence-electron chi connectivity index (χ0n) is 17.2. The Morgan fingerprint density at radius 2 is 2.04 bits per heavy atom. The van der Waals surface area contributed by atoms with Gasteiger partial charge in [-0.3, -0.25) is 19.7 Å². The van der Waals surface area contributed by atoms with Gasteiger partial charge in [-0.25, -0.2) is 4.98 Å². The van der Waals surface area contributed by atoms with Gasteiger partial charge in [0.1, 0.15) is 6.07 Å². The molecule has 1 saturated heterocycles. The molecule has 3 heterocycles. The van der Waals surface area contributed by atoms with Crippen LogP contribution in [0.4, 0.5) is 11.6 Å². The third kappa shape index (κ3) is 4.15. The van der Waals surface area contributed by atoms with Crippen LogP contribution < -0.4 is 15.4 Å². The SMILES string of the molecule is Cc1cc(N2CC[C@@H](N(C)Cc3cc(=O)[nH]c(N(C)C)n3)C2)c(C#N)c(C)n1. The molecule has 0 aromatic carbocycles. The standard InChI is InChI=1S/C20H27N7O/c1-13-8-18(17(10-21)14(2)22-13)27-7-6-16(12-27)26(5)11-15-9-19(28)24-20(23-15)25(3)4/h8-9,16H,6-7,11-12H2,1-5H3,(H,23,24,28)/t16-/m1/s1. The van der Waals surface area contributed by atoms with Gasteiger partial charge in [0, 0.05) is 51.5 Å². The molecule has 0 unspecified atom stereocenters. The van der Waals surface area contributed by atoms with Crippen LogP contribution in [0, 0.1) is 25.2 Å². The van der Waals surface area contributed by atoms with Crippen molar-refractivity contribution < 1.29 is 0 Å². The molecule has 1 aliphatic rings. The number of anilines is 2. The Balaban J connectivity index is 1.74. The van der Waals surface area contributed by atoms with Crippen LogP contribution in [0.3, 0.4) is 0 Å². The first-order valence-electron chi connectivity index (χ1n) is 9.39. The number of hydrogen-bond acceptors (Lipinski definition) is 7. The highest BCUT2D eigenvalue weighted by molar-refractivity contribution is 5.62. The summed E-state index contributed by atoms with van der Waals surface area (Å²) < 4.78 is 0. The molecule has 8 nitrogen and oxygen atoms in total. The maximum Gasteiger partial charge on any atom is 0.252 e. The summed E-state index contributed by atoms with van der Waals surface area (Å²) in [7, 11) is 5.76. The van der Waals surface area contributed by atoms with Gasteiger partial charge in [-0.15, -0.1) is 0 Å². The maximum atomic E-state index is 11.9. The summed E-state index contributed by atoms with van der Waals surface area (Å²) in [5.74, 6) is 0.561. The van der Waals surface area contributed by atoms with Crippen LogP contribution in [0.1, 0.15) is 29.1 Å². The number of aromatic nitrogens is 3. The molecule has 0 radical (unpaired) electrons. The quantitative estimate of drug-likeness (QED) is 0.837. The maximum absolute atomic E-state index is 11.9. The molecule has 0 bridgehead atoms. The number of rotatable bonds is 5. The van der Waals surface area contributed by atoms with Gasteiger partial charge >= 0.3 is 0 Å². The van der Waals surface area contributed by atoms with Crippen LogP contribution in [0.25, 0.3) is 0 Å². The Morgan fingerprint density at radius 3 is 2.71 bits per heavy atom. The largest absolute Gasteiger partial charge is 0.369 e. The fourth-order valence-electron chi connectivity index (χ4n) is 3.69. The van der Waals surface area contributed by atoms with Crippen molar-refractivity contribution in [1.82, 2.24) is 19.9 Å². The molecule has 2 aromatic rings. The lowest BCUT2D eigenvalue weighted by atomic mass is 10.1. The monoisotopic (exact) mass is 381 g/mol. The van der Waals surface area contributed by atoms with Gasteiger partial charge in [0.15, 0.2) is 0 Å². The first-order valence-corrected chi connectivity index (χ1v) is 9.39. The lowest BCUT2D eigenvalue weighted by Crippen LogP contribution is -2.35. The second kappa shape index (κ2) is 7.98. The molecule has 8 heteroatoms. The van der Waals surface area contributed by atoms with Crippen LogP contribution >= 0.6 is 0 Å². The third-order valence-corrected chi connectivity index (χ3v) is 5.16. The van der Waals surface area contributed by atoms with E-state index in [-0.39, 0.29) is 5.56 Å². The van der Waals surface area contributed by atoms with Crippen LogP contribution in [0.5, 0.6) is 0 Å². The van der Waals surface area contributed by atoms with Crippen LogP contribution in [-0.4, -0.2) is 60.1 Å². The van der Waals surface area contributed by atoms with E-state index in [1.807, 2.05) is 34.0 Å². The predicted molar refractivity (Wildman–Crippen MR) is 110 cm³/mol. The van der Waals surface area contributed by atoms with Crippen molar-refractivity contribution in [3.05, 3.63) is 45.1 Å². The third-order valence-electron chi connectivity index (χ3n) is 5.16. The van der Waals surface area contributed by atoms with Gasteiger partial charge in [0.2, 0.25) is 5.95 Å². The Labute approximate surface area is 165 Å². The fraction of sp³-hybridized carbons (Fsp3) is 0.500. The number of nitrogens with one attached hydrogen (secondary N) is 1. The van der Waals surface area contributed by atoms with Gasteiger partial charge in [-0.1, -0.05) is 0 Å². The lowest BCUT2D eigenvalue weighted by molar-refractivity contribution is 0.247. The van der Waals surface area contributed by atoms with Crippen molar-refractivity contribution in [1.29, 1.82) is 5.26 Å². The first-order chi connectivity index (χ1) is 13.3. The zero-order valence-corrected chi connectivity index (χ0v) is 17.2. The summed E-state index contributed by atoms with van der Waals surface area (Å²) in [5, 5.41) is 9.55. The molecule has 0 aliphatic carbocycles. The molecule has 28 heavy (non-hydrogen) atoms. The van der Waals surface area contributed by atoms with Gasteiger partial charge in [-0.05, 0) is 33.4 Å². The smallest absolute Gasteiger partial charge is 0.252 e. The molecule has 1 aliphatic heterocycles. The van der Waals surface area contributed by atoms with Gasteiger partial charge < -0.3 is 9.80 Å². The molecule has 3 rings (SSSR count). The summed E-state index contributed by atoms with van der Waals surface area (Å²) in [6.45, 7) is 6.16. The summed E-state index contributed by atoms with van der Waals surface area (Å²) >= 11 is 0. The summed E-state index contributed by atoms with van der Waals surface area (Å²) in [6.07, 6.45) is 0.992. The molecule has 1 fully saturated rings. The molecule has 1 N–H and O–H groups in total. The van der Waals surface area contributed by atoms with E-state index >= 15 is 0 Å². The minimum atomic E-state index is -0.142. The van der Waals surface area contributed by atoms with E-state index in [9.17, 15) is 10.1 Å². The van der Waals surface area contributed by atoms with E-state index < -0.39 is 0 Å². The Bertz CT molecular complexity index is 960. The van der Waals surface area contributed by atoms with Crippen LogP contribution in [0.15, 0.2) is 16.9 Å². The minimum absolute atomic E-state index is 0.142. The van der Waals surface area contributed by atoms with E-state index in [1.54, 1.807) is 11.0 Å². The van der Waals surface area contributed by atoms with Crippen LogP contribution in [-0.2, 0) is 6.54 Å². The average molecular weight is 381 g/mol. The van der Waals surface area contributed by atoms with E-state index in [1.165, 1.54) is 0 Å². The van der Waals surface area contributed by atoms with Crippen molar-refractivity contribution in [2.24, 2.45) is 0 Å². The number of likely N-dealkylation sites (N-methyl/N-ethyl adjacent to an activating group) is 1. The molecular formula is C20H27N7O. The lowest BCUT2D eigenvalue weighted by Gasteiger charge is -2.26. The van der Waals surface area contributed by atoms with E-state index in [0.29, 0.717) is 24.1 Å². The van der Waals surface area contributed by atoms with Gasteiger partial charge in [-0.2, -0.15) is 5.26 Å². The number of nitriles is 1. The van der Waals surface area contributed by atoms with Gasteiger partial charge in [0.05, 0.1) is 22.6 Å². The zero-order chi connectivity index (χ0) is 20.4. The van der Waals surface area contributed by atoms with E-state index in [4.69, 9.17) is 0 Å². The number of pyridine rings is 1. The van der Waals surface area contributed by atoms with E-state index in [2.05, 4.69) is 37.9 Å². The molecule has 0 amide bonds. The Morgan fingerprint density at radius 1 is 1.29 bits per heavy atom. The molecular weight excluding hydrogens is 354 g/mol. The highest BCUT2D eigenvalue weighted by Crippen LogP contribution is 2.28. The Hall–Kier alpha value is -2.92. The average Bonchev–Trinajstić information content (AvgIpc) is 3.10.